The van der Waals surface area contributed by atoms with E-state index in [0.717, 1.165) is 44.3 Å². The molecule has 2 aliphatic rings. The first-order valence-corrected chi connectivity index (χ1v) is 8.29. The molecule has 1 saturated heterocycles. The van der Waals surface area contributed by atoms with E-state index in [1.54, 1.807) is 6.07 Å². The SMILES string of the molecule is O=C1CCCCC1C1CCCCN1Cc1cccc(O)c1. The number of nitrogens with zero attached hydrogens (tertiary/aromatic N) is 1. The minimum Gasteiger partial charge on any atom is -0.508 e. The molecule has 0 spiro atoms. The van der Waals surface area contributed by atoms with Gasteiger partial charge in [0.2, 0.25) is 0 Å². The smallest absolute Gasteiger partial charge is 0.137 e. The van der Waals surface area contributed by atoms with Crippen LogP contribution in [0.25, 0.3) is 0 Å². The summed E-state index contributed by atoms with van der Waals surface area (Å²) in [7, 11) is 0. The second-order valence-electron chi connectivity index (χ2n) is 6.52. The van der Waals surface area contributed by atoms with Crippen LogP contribution in [0.1, 0.15) is 50.5 Å². The van der Waals surface area contributed by atoms with Crippen LogP contribution in [0.2, 0.25) is 0 Å². The van der Waals surface area contributed by atoms with Gasteiger partial charge in [0.05, 0.1) is 0 Å². The fourth-order valence-corrected chi connectivity index (χ4v) is 3.97. The van der Waals surface area contributed by atoms with Crippen molar-refractivity contribution in [2.75, 3.05) is 6.54 Å². The Labute approximate surface area is 127 Å². The number of rotatable bonds is 3. The molecule has 2 fully saturated rings. The van der Waals surface area contributed by atoms with Crippen molar-refractivity contribution in [1.82, 2.24) is 4.90 Å². The summed E-state index contributed by atoms with van der Waals surface area (Å²) in [4.78, 5) is 14.8. The molecule has 2 atom stereocenters. The molecule has 3 nitrogen and oxygen atoms in total. The molecule has 0 bridgehead atoms. The minimum absolute atomic E-state index is 0.247. The topological polar surface area (TPSA) is 40.5 Å². The zero-order chi connectivity index (χ0) is 14.7. The molecule has 2 unspecified atom stereocenters. The number of phenolic OH excluding ortho intramolecular Hbond substituents is 1. The maximum atomic E-state index is 12.3. The van der Waals surface area contributed by atoms with Crippen molar-refractivity contribution in [3.8, 4) is 5.75 Å². The van der Waals surface area contributed by atoms with Gasteiger partial charge in [-0.15, -0.1) is 0 Å². The number of aromatic hydroxyl groups is 1. The van der Waals surface area contributed by atoms with Gasteiger partial charge < -0.3 is 5.11 Å². The van der Waals surface area contributed by atoms with E-state index in [4.69, 9.17) is 0 Å². The molecule has 0 radical (unpaired) electrons. The second kappa shape index (κ2) is 6.61. The van der Waals surface area contributed by atoms with Crippen molar-refractivity contribution in [1.29, 1.82) is 0 Å². The summed E-state index contributed by atoms with van der Waals surface area (Å²) in [6.45, 7) is 1.92. The fraction of sp³-hybridized carbons (Fsp3) is 0.611. The molecule has 1 N–H and O–H groups in total. The van der Waals surface area contributed by atoms with Crippen LogP contribution >= 0.6 is 0 Å². The van der Waals surface area contributed by atoms with Crippen LogP contribution in [0.15, 0.2) is 24.3 Å². The normalized spacial score (nSPS) is 27.7. The van der Waals surface area contributed by atoms with E-state index in [0.29, 0.717) is 17.6 Å². The zero-order valence-corrected chi connectivity index (χ0v) is 12.6. The standard InChI is InChI=1S/C18H25NO2/c20-15-7-5-6-14(12-15)13-19-11-4-3-9-17(19)16-8-1-2-10-18(16)21/h5-7,12,16-17,20H,1-4,8-11,13H2. The highest BCUT2D eigenvalue weighted by Crippen LogP contribution is 2.32. The quantitative estimate of drug-likeness (QED) is 0.925. The summed E-state index contributed by atoms with van der Waals surface area (Å²) in [6.07, 6.45) is 7.74. The van der Waals surface area contributed by atoms with Crippen molar-refractivity contribution in [3.05, 3.63) is 29.8 Å². The number of benzene rings is 1. The summed E-state index contributed by atoms with van der Waals surface area (Å²) in [5, 5.41) is 9.63. The van der Waals surface area contributed by atoms with E-state index in [-0.39, 0.29) is 5.92 Å². The summed E-state index contributed by atoms with van der Waals surface area (Å²) >= 11 is 0. The first kappa shape index (κ1) is 14.6. The van der Waals surface area contributed by atoms with Crippen LogP contribution < -0.4 is 0 Å². The third-order valence-corrected chi connectivity index (χ3v) is 5.03. The highest BCUT2D eigenvalue weighted by atomic mass is 16.3. The third kappa shape index (κ3) is 3.46. The van der Waals surface area contributed by atoms with E-state index >= 15 is 0 Å². The van der Waals surface area contributed by atoms with E-state index in [1.165, 1.54) is 19.3 Å². The molecule has 1 aromatic rings. The van der Waals surface area contributed by atoms with Gasteiger partial charge in [-0.1, -0.05) is 25.0 Å². The number of carbonyl (C=O) groups excluding carboxylic acids is 1. The molecule has 1 aliphatic carbocycles. The number of Topliss-reactive ketones (excluding diaryl/α,β-unsaturated/α-hetero) is 1. The molecule has 0 amide bonds. The molecule has 114 valence electrons. The van der Waals surface area contributed by atoms with Gasteiger partial charge in [0.1, 0.15) is 11.5 Å². The van der Waals surface area contributed by atoms with Crippen LogP contribution in [0.3, 0.4) is 0 Å². The van der Waals surface area contributed by atoms with Crippen molar-refractivity contribution < 1.29 is 9.90 Å². The Morgan fingerprint density at radius 2 is 2.00 bits per heavy atom. The monoisotopic (exact) mass is 287 g/mol. The van der Waals surface area contributed by atoms with Crippen LogP contribution in [-0.2, 0) is 11.3 Å². The highest BCUT2D eigenvalue weighted by Gasteiger charge is 2.35. The van der Waals surface area contributed by atoms with E-state index in [2.05, 4.69) is 11.0 Å². The lowest BCUT2D eigenvalue weighted by molar-refractivity contribution is -0.127. The summed E-state index contributed by atoms with van der Waals surface area (Å²) in [5.41, 5.74) is 1.14. The number of hydrogen-bond acceptors (Lipinski definition) is 3. The molecule has 3 rings (SSSR count). The Balaban J connectivity index is 1.73. The van der Waals surface area contributed by atoms with E-state index in [9.17, 15) is 9.90 Å². The Hall–Kier alpha value is -1.35. The molecule has 1 aliphatic heterocycles. The number of carbonyl (C=O) groups is 1. The van der Waals surface area contributed by atoms with Gasteiger partial charge in [-0.2, -0.15) is 0 Å². The number of hydrogen-bond donors (Lipinski definition) is 1. The third-order valence-electron chi connectivity index (χ3n) is 5.03. The van der Waals surface area contributed by atoms with Gasteiger partial charge in [-0.3, -0.25) is 9.69 Å². The number of phenols is 1. The Morgan fingerprint density at radius 1 is 1.14 bits per heavy atom. The molecule has 21 heavy (non-hydrogen) atoms. The van der Waals surface area contributed by atoms with Gasteiger partial charge in [0, 0.05) is 24.9 Å². The van der Waals surface area contributed by atoms with Gasteiger partial charge in [0.25, 0.3) is 0 Å². The maximum Gasteiger partial charge on any atom is 0.137 e. The number of likely N-dealkylation sites (tertiary alicyclic amines) is 1. The van der Waals surface area contributed by atoms with Crippen molar-refractivity contribution >= 4 is 5.78 Å². The van der Waals surface area contributed by atoms with E-state index in [1.807, 2.05) is 12.1 Å². The molecular weight excluding hydrogens is 262 g/mol. The molecule has 1 saturated carbocycles. The van der Waals surface area contributed by atoms with Crippen LogP contribution in [-0.4, -0.2) is 28.4 Å². The van der Waals surface area contributed by atoms with Gasteiger partial charge >= 0.3 is 0 Å². The Morgan fingerprint density at radius 3 is 2.81 bits per heavy atom. The highest BCUT2D eigenvalue weighted by molar-refractivity contribution is 5.82. The molecular formula is C18H25NO2. The molecule has 1 heterocycles. The summed E-state index contributed by atoms with van der Waals surface area (Å²) in [6, 6.07) is 7.92. The average Bonchev–Trinajstić information content (AvgIpc) is 2.49. The lowest BCUT2D eigenvalue weighted by Crippen LogP contribution is -2.46. The molecule has 0 aromatic heterocycles. The maximum absolute atomic E-state index is 12.3. The van der Waals surface area contributed by atoms with Gasteiger partial charge in [-0.05, 0) is 49.9 Å². The molecule has 3 heteroatoms. The van der Waals surface area contributed by atoms with Gasteiger partial charge in [-0.25, -0.2) is 0 Å². The number of ketones is 1. The predicted molar refractivity (Wildman–Crippen MR) is 83.1 cm³/mol. The predicted octanol–water partition coefficient (Wildman–Crippen LogP) is 3.51. The Kier molecular flexibility index (Phi) is 4.59. The summed E-state index contributed by atoms with van der Waals surface area (Å²) in [5.74, 6) is 1.06. The zero-order valence-electron chi connectivity index (χ0n) is 12.6. The van der Waals surface area contributed by atoms with Crippen LogP contribution in [0.4, 0.5) is 0 Å². The van der Waals surface area contributed by atoms with Crippen LogP contribution in [0, 0.1) is 5.92 Å². The first-order valence-electron chi connectivity index (χ1n) is 8.29. The summed E-state index contributed by atoms with van der Waals surface area (Å²) < 4.78 is 0. The average molecular weight is 287 g/mol. The fourth-order valence-electron chi connectivity index (χ4n) is 3.97. The lowest BCUT2D eigenvalue weighted by atomic mass is 9.79. The largest absolute Gasteiger partial charge is 0.508 e. The lowest BCUT2D eigenvalue weighted by Gasteiger charge is -2.41. The van der Waals surface area contributed by atoms with Crippen LogP contribution in [0.5, 0.6) is 5.75 Å². The minimum atomic E-state index is 0.247. The number of piperidine rings is 1. The van der Waals surface area contributed by atoms with Crippen molar-refractivity contribution in [3.63, 3.8) is 0 Å². The second-order valence-corrected chi connectivity index (χ2v) is 6.52. The van der Waals surface area contributed by atoms with Crippen molar-refractivity contribution in [2.45, 2.75) is 57.5 Å². The van der Waals surface area contributed by atoms with Gasteiger partial charge in [0.15, 0.2) is 0 Å². The first-order chi connectivity index (χ1) is 10.2. The molecule has 1 aromatic carbocycles. The Bertz CT molecular complexity index is 500. The van der Waals surface area contributed by atoms with Crippen molar-refractivity contribution in [2.24, 2.45) is 5.92 Å². The van der Waals surface area contributed by atoms with E-state index < -0.39 is 0 Å².